The molecule has 9 heteroatoms. The molecular formula is C27H37ClN4O4. The summed E-state index contributed by atoms with van der Waals surface area (Å²) in [4.78, 5) is 45.3. The Hall–Kier alpha value is -2.58. The van der Waals surface area contributed by atoms with Gasteiger partial charge in [0.1, 0.15) is 0 Å². The summed E-state index contributed by atoms with van der Waals surface area (Å²) in [5.41, 5.74) is 1.87. The van der Waals surface area contributed by atoms with E-state index in [0.29, 0.717) is 49.0 Å². The van der Waals surface area contributed by atoms with Crippen molar-refractivity contribution in [2.45, 2.75) is 58.5 Å². The highest BCUT2D eigenvalue weighted by Gasteiger charge is 2.39. The van der Waals surface area contributed by atoms with Gasteiger partial charge in [0, 0.05) is 55.4 Å². The number of amides is 3. The van der Waals surface area contributed by atoms with Crippen LogP contribution < -0.4 is 5.32 Å². The monoisotopic (exact) mass is 516 g/mol. The number of nitrogens with one attached hydrogen (secondary N) is 1. The molecule has 0 spiro atoms. The van der Waals surface area contributed by atoms with E-state index in [4.69, 9.17) is 16.3 Å². The molecule has 3 amide bonds. The number of halogens is 1. The van der Waals surface area contributed by atoms with E-state index in [9.17, 15) is 14.4 Å². The summed E-state index contributed by atoms with van der Waals surface area (Å²) >= 11 is 6.09. The Morgan fingerprint density at radius 2 is 1.81 bits per heavy atom. The summed E-state index contributed by atoms with van der Waals surface area (Å²) in [7, 11) is 0. The van der Waals surface area contributed by atoms with Crippen molar-refractivity contribution >= 4 is 29.5 Å². The Morgan fingerprint density at radius 1 is 1.11 bits per heavy atom. The van der Waals surface area contributed by atoms with Crippen molar-refractivity contribution in [2.75, 3.05) is 39.3 Å². The molecule has 2 heterocycles. The van der Waals surface area contributed by atoms with Gasteiger partial charge in [-0.2, -0.15) is 0 Å². The molecule has 0 radical (unpaired) electrons. The zero-order chi connectivity index (χ0) is 25.8. The number of likely N-dealkylation sites (N-methyl/N-ethyl adjacent to an activating group) is 1. The van der Waals surface area contributed by atoms with Gasteiger partial charge in [0.2, 0.25) is 5.91 Å². The fraction of sp³-hybridized carbons (Fsp3) is 0.593. The van der Waals surface area contributed by atoms with Crippen molar-refractivity contribution in [1.82, 2.24) is 20.0 Å². The van der Waals surface area contributed by atoms with E-state index in [1.54, 1.807) is 24.0 Å². The molecule has 1 N–H and O–H groups in total. The normalized spacial score (nSPS) is 23.7. The first-order valence-corrected chi connectivity index (χ1v) is 13.5. The van der Waals surface area contributed by atoms with Crippen LogP contribution >= 0.6 is 11.6 Å². The summed E-state index contributed by atoms with van der Waals surface area (Å²) in [6, 6.07) is 6.33. The van der Waals surface area contributed by atoms with Crippen LogP contribution in [0.1, 0.15) is 58.1 Å². The molecule has 0 unspecified atom stereocenters. The lowest BCUT2D eigenvalue weighted by atomic mass is 9.94. The predicted octanol–water partition coefficient (Wildman–Crippen LogP) is 3.97. The molecule has 4 rings (SSSR count). The van der Waals surface area contributed by atoms with Crippen molar-refractivity contribution in [1.29, 1.82) is 0 Å². The second-order valence-electron chi connectivity index (χ2n) is 9.86. The molecule has 1 saturated heterocycles. The Labute approximate surface area is 218 Å². The summed E-state index contributed by atoms with van der Waals surface area (Å²) in [5.74, 6) is 0.00462. The maximum Gasteiger partial charge on any atom is 0.338 e. The first kappa shape index (κ1) is 26.5. The van der Waals surface area contributed by atoms with Crippen molar-refractivity contribution in [2.24, 2.45) is 5.92 Å². The van der Waals surface area contributed by atoms with Gasteiger partial charge in [-0.05, 0) is 51.3 Å². The van der Waals surface area contributed by atoms with E-state index < -0.39 is 12.0 Å². The number of carbonyl (C=O) groups is 3. The third kappa shape index (κ3) is 5.54. The molecule has 0 bridgehead atoms. The van der Waals surface area contributed by atoms with Crippen molar-refractivity contribution in [3.05, 3.63) is 46.1 Å². The molecule has 2 atom stereocenters. The van der Waals surface area contributed by atoms with E-state index in [0.717, 1.165) is 31.2 Å². The lowest BCUT2D eigenvalue weighted by molar-refractivity contribution is -0.140. The average molecular weight is 517 g/mol. The number of hydrogen-bond donors (Lipinski definition) is 1. The van der Waals surface area contributed by atoms with Gasteiger partial charge in [0.05, 0.1) is 18.2 Å². The van der Waals surface area contributed by atoms with Crippen LogP contribution in [0.2, 0.25) is 5.02 Å². The van der Waals surface area contributed by atoms with Crippen LogP contribution in [0.25, 0.3) is 0 Å². The second kappa shape index (κ2) is 11.6. The molecule has 36 heavy (non-hydrogen) atoms. The van der Waals surface area contributed by atoms with Crippen LogP contribution in [-0.2, 0) is 14.3 Å². The maximum absolute atomic E-state index is 13.3. The minimum atomic E-state index is -0.630. The number of rotatable bonds is 7. The van der Waals surface area contributed by atoms with Crippen molar-refractivity contribution < 1.29 is 19.1 Å². The average Bonchev–Trinajstić information content (AvgIpc) is 3.39. The van der Waals surface area contributed by atoms with Gasteiger partial charge >= 0.3 is 12.0 Å². The van der Waals surface area contributed by atoms with Crippen LogP contribution in [0.4, 0.5) is 4.79 Å². The lowest BCUT2D eigenvalue weighted by Gasteiger charge is -2.43. The summed E-state index contributed by atoms with van der Waals surface area (Å²) in [6.07, 6.45) is 4.26. The SMILES string of the molecule is CCOC(=O)C1=C(CN2CCN(C(=O)C3CCCC3)[C@H](C)C2)N(CC)C(=O)N[C@@H]1c1ccc(Cl)cc1. The minimum Gasteiger partial charge on any atom is -0.463 e. The first-order valence-electron chi connectivity index (χ1n) is 13.1. The van der Waals surface area contributed by atoms with Gasteiger partial charge in [0.25, 0.3) is 0 Å². The van der Waals surface area contributed by atoms with E-state index in [1.807, 2.05) is 24.0 Å². The topological polar surface area (TPSA) is 82.2 Å². The number of benzene rings is 1. The molecule has 1 aromatic carbocycles. The molecule has 2 aliphatic heterocycles. The van der Waals surface area contributed by atoms with E-state index in [1.165, 1.54) is 0 Å². The number of piperazine rings is 1. The zero-order valence-corrected chi connectivity index (χ0v) is 22.2. The summed E-state index contributed by atoms with van der Waals surface area (Å²) in [5, 5.41) is 3.57. The number of nitrogens with zero attached hydrogens (tertiary/aromatic N) is 3. The van der Waals surface area contributed by atoms with Crippen LogP contribution in [0, 0.1) is 5.92 Å². The highest BCUT2D eigenvalue weighted by Crippen LogP contribution is 2.33. The van der Waals surface area contributed by atoms with E-state index in [2.05, 4.69) is 17.1 Å². The summed E-state index contributed by atoms with van der Waals surface area (Å²) < 4.78 is 5.46. The number of esters is 1. The van der Waals surface area contributed by atoms with Crippen LogP contribution in [0.15, 0.2) is 35.5 Å². The Kier molecular flexibility index (Phi) is 8.57. The van der Waals surface area contributed by atoms with Crippen LogP contribution in [-0.4, -0.2) is 78.0 Å². The second-order valence-corrected chi connectivity index (χ2v) is 10.3. The number of carbonyl (C=O) groups excluding carboxylic acids is 3. The highest BCUT2D eigenvalue weighted by atomic mass is 35.5. The number of hydrogen-bond acceptors (Lipinski definition) is 5. The quantitative estimate of drug-likeness (QED) is 0.555. The fourth-order valence-electron chi connectivity index (χ4n) is 5.69. The Bertz CT molecular complexity index is 1010. The highest BCUT2D eigenvalue weighted by molar-refractivity contribution is 6.30. The van der Waals surface area contributed by atoms with E-state index in [-0.39, 0.29) is 30.5 Å². The Balaban J connectivity index is 1.61. The minimum absolute atomic E-state index is 0.0676. The molecule has 8 nitrogen and oxygen atoms in total. The van der Waals surface area contributed by atoms with Crippen LogP contribution in [0.5, 0.6) is 0 Å². The molecule has 2 fully saturated rings. The third-order valence-electron chi connectivity index (χ3n) is 7.53. The predicted molar refractivity (Wildman–Crippen MR) is 138 cm³/mol. The molecule has 196 valence electrons. The molecule has 1 saturated carbocycles. The van der Waals surface area contributed by atoms with Gasteiger partial charge in [-0.3, -0.25) is 14.6 Å². The number of ether oxygens (including phenoxy) is 1. The fourth-order valence-corrected chi connectivity index (χ4v) is 5.81. The largest absolute Gasteiger partial charge is 0.463 e. The molecule has 3 aliphatic rings. The van der Waals surface area contributed by atoms with Gasteiger partial charge in [-0.25, -0.2) is 9.59 Å². The van der Waals surface area contributed by atoms with Gasteiger partial charge < -0.3 is 15.0 Å². The van der Waals surface area contributed by atoms with Gasteiger partial charge in [-0.15, -0.1) is 0 Å². The summed E-state index contributed by atoms with van der Waals surface area (Å²) in [6.45, 7) is 8.86. The molecule has 1 aromatic rings. The zero-order valence-electron chi connectivity index (χ0n) is 21.5. The standard InChI is InChI=1S/C27H37ClN4O4/c1-4-31-22(17-30-14-15-32(18(3)16-30)25(33)20-8-6-7-9-20)23(26(34)36-5-2)24(29-27(31)35)19-10-12-21(28)13-11-19/h10-13,18,20,24H,4-9,14-17H2,1-3H3,(H,29,35)/t18-,24-/m1/s1. The smallest absolute Gasteiger partial charge is 0.338 e. The van der Waals surface area contributed by atoms with Gasteiger partial charge in [0.15, 0.2) is 0 Å². The molecule has 0 aromatic heterocycles. The third-order valence-corrected chi connectivity index (χ3v) is 7.78. The van der Waals surface area contributed by atoms with Crippen LogP contribution in [0.3, 0.4) is 0 Å². The number of urea groups is 1. The lowest BCUT2D eigenvalue weighted by Crippen LogP contribution is -2.57. The van der Waals surface area contributed by atoms with Crippen molar-refractivity contribution in [3.8, 4) is 0 Å². The van der Waals surface area contributed by atoms with E-state index >= 15 is 0 Å². The molecule has 1 aliphatic carbocycles. The first-order chi connectivity index (χ1) is 17.3. The maximum atomic E-state index is 13.3. The van der Waals surface area contributed by atoms with Crippen molar-refractivity contribution in [3.63, 3.8) is 0 Å². The molecular weight excluding hydrogens is 480 g/mol. The Morgan fingerprint density at radius 3 is 2.42 bits per heavy atom. The van der Waals surface area contributed by atoms with Gasteiger partial charge in [-0.1, -0.05) is 36.6 Å².